The van der Waals surface area contributed by atoms with Crippen molar-refractivity contribution in [1.82, 2.24) is 10.4 Å². The summed E-state index contributed by atoms with van der Waals surface area (Å²) in [5.74, 6) is 0. The molecule has 52 valence electrons. The molecule has 1 saturated heterocycles. The van der Waals surface area contributed by atoms with E-state index in [0.29, 0.717) is 0 Å². The van der Waals surface area contributed by atoms with Gasteiger partial charge in [0.15, 0.2) is 0 Å². The second-order valence-electron chi connectivity index (χ2n) is 2.38. The van der Waals surface area contributed by atoms with Crippen molar-refractivity contribution in [2.75, 3.05) is 13.1 Å². The van der Waals surface area contributed by atoms with Gasteiger partial charge in [-0.3, -0.25) is 0 Å². The number of nitrogens with zero attached hydrogens (tertiary/aromatic N) is 1. The quantitative estimate of drug-likeness (QED) is 0.596. The molecular formula is C7H14N2. The zero-order valence-electron chi connectivity index (χ0n) is 5.77. The van der Waals surface area contributed by atoms with E-state index in [1.807, 2.05) is 0 Å². The molecule has 0 amide bonds. The van der Waals surface area contributed by atoms with Gasteiger partial charge in [-0.1, -0.05) is 13.0 Å². The van der Waals surface area contributed by atoms with Crippen molar-refractivity contribution in [3.63, 3.8) is 0 Å². The van der Waals surface area contributed by atoms with Crippen LogP contribution in [0.15, 0.2) is 12.8 Å². The van der Waals surface area contributed by atoms with Crippen LogP contribution in [0.5, 0.6) is 0 Å². The minimum Gasteiger partial charge on any atom is -0.327 e. The van der Waals surface area contributed by atoms with Gasteiger partial charge in [0.25, 0.3) is 0 Å². The predicted octanol–water partition coefficient (Wildman–Crippen LogP) is 1.12. The molecule has 1 rings (SSSR count). The highest BCUT2D eigenvalue weighted by Crippen LogP contribution is 2.05. The standard InChI is InChI=1S/C7H14N2/c1-2-8-9-6-4-3-5-7-9/h2,8H,1,3-7H2. The number of nitrogens with one attached hydrogen (secondary N) is 1. The van der Waals surface area contributed by atoms with Gasteiger partial charge in [-0.2, -0.15) is 0 Å². The number of hydrazine groups is 1. The molecule has 0 radical (unpaired) electrons. The zero-order valence-corrected chi connectivity index (χ0v) is 5.77. The molecule has 0 spiro atoms. The molecule has 0 saturated carbocycles. The minimum absolute atomic E-state index is 1.17. The van der Waals surface area contributed by atoms with Gasteiger partial charge in [0.1, 0.15) is 0 Å². The SMILES string of the molecule is C=CNN1CCCCC1. The summed E-state index contributed by atoms with van der Waals surface area (Å²) in [4.78, 5) is 0. The summed E-state index contributed by atoms with van der Waals surface area (Å²) in [5.41, 5.74) is 3.08. The lowest BCUT2D eigenvalue weighted by Gasteiger charge is -2.25. The smallest absolute Gasteiger partial charge is 0.0178 e. The Morgan fingerprint density at radius 2 is 1.89 bits per heavy atom. The monoisotopic (exact) mass is 126 g/mol. The van der Waals surface area contributed by atoms with Crippen molar-refractivity contribution >= 4 is 0 Å². The average molecular weight is 126 g/mol. The molecule has 1 fully saturated rings. The van der Waals surface area contributed by atoms with Gasteiger partial charge in [-0.05, 0) is 12.8 Å². The molecular weight excluding hydrogens is 112 g/mol. The molecule has 1 N–H and O–H groups in total. The first-order chi connectivity index (χ1) is 4.43. The van der Waals surface area contributed by atoms with Crippen molar-refractivity contribution in [3.8, 4) is 0 Å². The van der Waals surface area contributed by atoms with E-state index < -0.39 is 0 Å². The highest BCUT2D eigenvalue weighted by molar-refractivity contribution is 4.66. The predicted molar refractivity (Wildman–Crippen MR) is 38.8 cm³/mol. The third-order valence-corrected chi connectivity index (χ3v) is 1.63. The third-order valence-electron chi connectivity index (χ3n) is 1.63. The summed E-state index contributed by atoms with van der Waals surface area (Å²) in [5, 5.41) is 2.20. The molecule has 9 heavy (non-hydrogen) atoms. The second kappa shape index (κ2) is 3.51. The van der Waals surface area contributed by atoms with E-state index in [9.17, 15) is 0 Å². The Kier molecular flexibility index (Phi) is 2.58. The van der Waals surface area contributed by atoms with Gasteiger partial charge in [0.05, 0.1) is 0 Å². The van der Waals surface area contributed by atoms with E-state index in [1.54, 1.807) is 6.20 Å². The number of hydrogen-bond acceptors (Lipinski definition) is 2. The lowest BCUT2D eigenvalue weighted by molar-refractivity contribution is 0.183. The molecule has 1 aliphatic rings. The van der Waals surface area contributed by atoms with Crippen molar-refractivity contribution in [2.45, 2.75) is 19.3 Å². The number of hydrogen-bond donors (Lipinski definition) is 1. The lowest BCUT2D eigenvalue weighted by atomic mass is 10.2. The van der Waals surface area contributed by atoms with Crippen LogP contribution in [0.4, 0.5) is 0 Å². The average Bonchev–Trinajstić information content (AvgIpc) is 1.91. The summed E-state index contributed by atoms with van der Waals surface area (Å²) < 4.78 is 0. The first-order valence-corrected chi connectivity index (χ1v) is 3.55. The number of piperidine rings is 1. The van der Waals surface area contributed by atoms with E-state index in [0.717, 1.165) is 0 Å². The maximum Gasteiger partial charge on any atom is 0.0178 e. The normalized spacial score (nSPS) is 21.3. The summed E-state index contributed by atoms with van der Waals surface area (Å²) in [6.07, 6.45) is 5.77. The molecule has 1 aliphatic heterocycles. The van der Waals surface area contributed by atoms with E-state index in [1.165, 1.54) is 32.4 Å². The molecule has 0 unspecified atom stereocenters. The molecule has 0 aromatic carbocycles. The van der Waals surface area contributed by atoms with Gasteiger partial charge in [0, 0.05) is 19.3 Å². The first kappa shape index (κ1) is 6.62. The van der Waals surface area contributed by atoms with Crippen molar-refractivity contribution in [2.24, 2.45) is 0 Å². The van der Waals surface area contributed by atoms with Gasteiger partial charge in [-0.15, -0.1) is 0 Å². The second-order valence-corrected chi connectivity index (χ2v) is 2.38. The van der Waals surface area contributed by atoms with E-state index in [-0.39, 0.29) is 0 Å². The third kappa shape index (κ3) is 2.06. The minimum atomic E-state index is 1.17. The lowest BCUT2D eigenvalue weighted by Crippen LogP contribution is -2.38. The van der Waals surface area contributed by atoms with Crippen LogP contribution in [0.1, 0.15) is 19.3 Å². The van der Waals surface area contributed by atoms with Crippen LogP contribution < -0.4 is 5.43 Å². The Bertz CT molecular complexity index is 84.9. The zero-order chi connectivity index (χ0) is 6.53. The molecule has 0 aromatic rings. The molecule has 0 atom stereocenters. The Labute approximate surface area is 56.5 Å². The van der Waals surface area contributed by atoms with Crippen molar-refractivity contribution in [1.29, 1.82) is 0 Å². The Balaban J connectivity index is 2.15. The first-order valence-electron chi connectivity index (χ1n) is 3.55. The molecule has 2 nitrogen and oxygen atoms in total. The van der Waals surface area contributed by atoms with E-state index >= 15 is 0 Å². The topological polar surface area (TPSA) is 15.3 Å². The highest BCUT2D eigenvalue weighted by Gasteiger charge is 2.06. The van der Waals surface area contributed by atoms with Gasteiger partial charge >= 0.3 is 0 Å². The van der Waals surface area contributed by atoms with Gasteiger partial charge in [0.2, 0.25) is 0 Å². The molecule has 0 aromatic heterocycles. The maximum atomic E-state index is 3.60. The van der Waals surface area contributed by atoms with Crippen LogP contribution in [0, 0.1) is 0 Å². The van der Waals surface area contributed by atoms with E-state index in [4.69, 9.17) is 0 Å². The Hall–Kier alpha value is -0.500. The highest BCUT2D eigenvalue weighted by atomic mass is 15.5. The van der Waals surface area contributed by atoms with Crippen molar-refractivity contribution < 1.29 is 0 Å². The molecule has 0 bridgehead atoms. The van der Waals surface area contributed by atoms with Crippen LogP contribution in [0.3, 0.4) is 0 Å². The van der Waals surface area contributed by atoms with E-state index in [2.05, 4.69) is 17.0 Å². The van der Waals surface area contributed by atoms with Crippen LogP contribution >= 0.6 is 0 Å². The van der Waals surface area contributed by atoms with Crippen LogP contribution in [-0.2, 0) is 0 Å². The molecule has 1 heterocycles. The van der Waals surface area contributed by atoms with Crippen molar-refractivity contribution in [3.05, 3.63) is 12.8 Å². The molecule has 0 aliphatic carbocycles. The maximum absolute atomic E-state index is 3.60. The molecule has 2 heteroatoms. The fourth-order valence-corrected chi connectivity index (χ4v) is 1.15. The van der Waals surface area contributed by atoms with Crippen LogP contribution in [-0.4, -0.2) is 18.1 Å². The summed E-state index contributed by atoms with van der Waals surface area (Å²) in [6, 6.07) is 0. The fourth-order valence-electron chi connectivity index (χ4n) is 1.15. The Morgan fingerprint density at radius 3 is 2.44 bits per heavy atom. The number of rotatable bonds is 2. The summed E-state index contributed by atoms with van der Waals surface area (Å²) in [7, 11) is 0. The Morgan fingerprint density at radius 1 is 1.22 bits per heavy atom. The summed E-state index contributed by atoms with van der Waals surface area (Å²) >= 11 is 0. The van der Waals surface area contributed by atoms with Crippen LogP contribution in [0.2, 0.25) is 0 Å². The van der Waals surface area contributed by atoms with Crippen LogP contribution in [0.25, 0.3) is 0 Å². The van der Waals surface area contributed by atoms with Gasteiger partial charge < -0.3 is 5.43 Å². The van der Waals surface area contributed by atoms with Gasteiger partial charge in [-0.25, -0.2) is 5.01 Å². The fraction of sp³-hybridized carbons (Fsp3) is 0.714. The largest absolute Gasteiger partial charge is 0.327 e. The summed E-state index contributed by atoms with van der Waals surface area (Å²) in [6.45, 7) is 5.95.